The van der Waals surface area contributed by atoms with Crippen molar-refractivity contribution < 1.29 is 9.21 Å². The van der Waals surface area contributed by atoms with Crippen molar-refractivity contribution in [3.05, 3.63) is 53.6 Å². The fraction of sp³-hybridized carbons (Fsp3) is 0.0667. The average molecular weight is 299 g/mol. The fourth-order valence-electron chi connectivity index (χ4n) is 1.94. The standard InChI is InChI=1S/C15H13N3O2S/c16-11-4-5-13-12(7-11)18-15(20-13)21-8-9-2-1-3-10(6-9)14(17)19/h1-7H,8,16H2,(H2,17,19). The van der Waals surface area contributed by atoms with Gasteiger partial charge in [0.15, 0.2) is 5.58 Å². The first-order chi connectivity index (χ1) is 10.1. The summed E-state index contributed by atoms with van der Waals surface area (Å²) in [5.74, 6) is 0.211. The van der Waals surface area contributed by atoms with Crippen molar-refractivity contribution >= 4 is 34.5 Å². The third-order valence-electron chi connectivity index (χ3n) is 2.97. The summed E-state index contributed by atoms with van der Waals surface area (Å²) in [6.45, 7) is 0. The van der Waals surface area contributed by atoms with Gasteiger partial charge in [-0.2, -0.15) is 0 Å². The Bertz CT molecular complexity index is 814. The minimum absolute atomic E-state index is 0.431. The Balaban J connectivity index is 1.77. The molecule has 0 aliphatic heterocycles. The second-order valence-electron chi connectivity index (χ2n) is 4.56. The summed E-state index contributed by atoms with van der Waals surface area (Å²) in [6, 6.07) is 12.6. The number of hydrogen-bond acceptors (Lipinski definition) is 5. The maximum atomic E-state index is 11.1. The molecule has 3 rings (SSSR count). The second-order valence-corrected chi connectivity index (χ2v) is 5.49. The summed E-state index contributed by atoms with van der Waals surface area (Å²) in [5, 5.41) is 0.570. The van der Waals surface area contributed by atoms with Crippen LogP contribution in [0.25, 0.3) is 11.1 Å². The number of fused-ring (bicyclic) bond motifs is 1. The highest BCUT2D eigenvalue weighted by atomic mass is 32.2. The van der Waals surface area contributed by atoms with Crippen molar-refractivity contribution in [2.45, 2.75) is 11.0 Å². The predicted molar refractivity (Wildman–Crippen MR) is 82.9 cm³/mol. The average Bonchev–Trinajstić information content (AvgIpc) is 2.87. The number of hydrogen-bond donors (Lipinski definition) is 2. The molecule has 6 heteroatoms. The van der Waals surface area contributed by atoms with E-state index >= 15 is 0 Å². The molecule has 0 spiro atoms. The van der Waals surface area contributed by atoms with E-state index in [0.717, 1.165) is 11.1 Å². The van der Waals surface area contributed by atoms with Gasteiger partial charge < -0.3 is 15.9 Å². The highest BCUT2D eigenvalue weighted by Crippen LogP contribution is 2.27. The number of benzene rings is 2. The van der Waals surface area contributed by atoms with Gasteiger partial charge in [0.25, 0.3) is 5.22 Å². The van der Waals surface area contributed by atoms with E-state index in [4.69, 9.17) is 15.9 Å². The van der Waals surface area contributed by atoms with Gasteiger partial charge in [0.1, 0.15) is 5.52 Å². The molecule has 2 aromatic carbocycles. The van der Waals surface area contributed by atoms with Gasteiger partial charge in [0, 0.05) is 17.0 Å². The van der Waals surface area contributed by atoms with Gasteiger partial charge >= 0.3 is 0 Å². The van der Waals surface area contributed by atoms with Crippen LogP contribution in [0, 0.1) is 0 Å². The molecule has 4 N–H and O–H groups in total. The summed E-state index contributed by atoms with van der Waals surface area (Å²) >= 11 is 1.45. The van der Waals surface area contributed by atoms with Crippen LogP contribution in [0.15, 0.2) is 52.1 Å². The summed E-state index contributed by atoms with van der Waals surface area (Å²) in [6.07, 6.45) is 0. The van der Waals surface area contributed by atoms with Crippen LogP contribution in [-0.2, 0) is 5.75 Å². The van der Waals surface area contributed by atoms with E-state index in [9.17, 15) is 4.79 Å². The lowest BCUT2D eigenvalue weighted by Crippen LogP contribution is -2.10. The van der Waals surface area contributed by atoms with Gasteiger partial charge in [0.05, 0.1) is 0 Å². The number of rotatable bonds is 4. The molecule has 0 fully saturated rings. The van der Waals surface area contributed by atoms with Gasteiger partial charge in [-0.3, -0.25) is 4.79 Å². The lowest BCUT2D eigenvalue weighted by molar-refractivity contribution is 0.1000. The molecule has 0 atom stereocenters. The highest BCUT2D eigenvalue weighted by Gasteiger charge is 2.08. The van der Waals surface area contributed by atoms with Crippen molar-refractivity contribution in [2.75, 3.05) is 5.73 Å². The number of thioether (sulfide) groups is 1. The Morgan fingerprint density at radius 3 is 2.90 bits per heavy atom. The number of oxazole rings is 1. The molecule has 21 heavy (non-hydrogen) atoms. The molecule has 0 aliphatic carbocycles. The van der Waals surface area contributed by atoms with E-state index in [1.807, 2.05) is 12.1 Å². The quantitative estimate of drug-likeness (QED) is 0.570. The number of carbonyl (C=O) groups is 1. The van der Waals surface area contributed by atoms with Crippen molar-refractivity contribution in [2.24, 2.45) is 5.73 Å². The molecular formula is C15H13N3O2S. The first-order valence-electron chi connectivity index (χ1n) is 6.29. The van der Waals surface area contributed by atoms with Crippen molar-refractivity contribution in [1.29, 1.82) is 0 Å². The zero-order valence-electron chi connectivity index (χ0n) is 11.1. The van der Waals surface area contributed by atoms with E-state index in [-0.39, 0.29) is 0 Å². The van der Waals surface area contributed by atoms with E-state index in [1.165, 1.54) is 11.8 Å². The SMILES string of the molecule is NC(=O)c1cccc(CSc2nc3cc(N)ccc3o2)c1. The molecule has 1 aromatic heterocycles. The molecule has 0 radical (unpaired) electrons. The zero-order chi connectivity index (χ0) is 14.8. The number of anilines is 1. The molecule has 106 valence electrons. The molecule has 0 aliphatic rings. The number of primary amides is 1. The van der Waals surface area contributed by atoms with E-state index in [0.29, 0.717) is 27.8 Å². The first-order valence-corrected chi connectivity index (χ1v) is 7.28. The molecule has 3 aromatic rings. The van der Waals surface area contributed by atoms with Gasteiger partial charge in [-0.25, -0.2) is 4.98 Å². The number of amides is 1. The smallest absolute Gasteiger partial charge is 0.257 e. The van der Waals surface area contributed by atoms with Gasteiger partial charge in [0.2, 0.25) is 5.91 Å². The Labute approximate surface area is 125 Å². The van der Waals surface area contributed by atoms with Gasteiger partial charge in [-0.05, 0) is 35.9 Å². The van der Waals surface area contributed by atoms with Crippen LogP contribution < -0.4 is 11.5 Å². The number of nitrogens with zero attached hydrogens (tertiary/aromatic N) is 1. The van der Waals surface area contributed by atoms with Crippen molar-refractivity contribution in [3.8, 4) is 0 Å². The predicted octanol–water partition coefficient (Wildman–Crippen LogP) is 2.80. The number of nitrogen functional groups attached to an aromatic ring is 1. The van der Waals surface area contributed by atoms with Crippen LogP contribution in [0.2, 0.25) is 0 Å². The Kier molecular flexibility index (Phi) is 3.53. The van der Waals surface area contributed by atoms with Crippen LogP contribution in [0.3, 0.4) is 0 Å². The monoisotopic (exact) mass is 299 g/mol. The maximum Gasteiger partial charge on any atom is 0.257 e. The number of nitrogens with two attached hydrogens (primary N) is 2. The molecule has 0 saturated carbocycles. The van der Waals surface area contributed by atoms with E-state index in [2.05, 4.69) is 4.98 Å². The largest absolute Gasteiger partial charge is 0.431 e. The van der Waals surface area contributed by atoms with Gasteiger partial charge in [-0.1, -0.05) is 23.9 Å². The summed E-state index contributed by atoms with van der Waals surface area (Å²) in [5.41, 5.74) is 14.6. The summed E-state index contributed by atoms with van der Waals surface area (Å²) in [4.78, 5) is 15.5. The Morgan fingerprint density at radius 1 is 1.24 bits per heavy atom. The van der Waals surface area contributed by atoms with E-state index in [1.54, 1.807) is 30.3 Å². The van der Waals surface area contributed by atoms with Crippen LogP contribution in [-0.4, -0.2) is 10.9 Å². The topological polar surface area (TPSA) is 95.1 Å². The normalized spacial score (nSPS) is 10.9. The molecule has 1 amide bonds. The lowest BCUT2D eigenvalue weighted by Gasteiger charge is -2.00. The summed E-state index contributed by atoms with van der Waals surface area (Å²) < 4.78 is 5.63. The second kappa shape index (κ2) is 5.49. The fourth-order valence-corrected chi connectivity index (χ4v) is 2.73. The maximum absolute atomic E-state index is 11.1. The minimum Gasteiger partial charge on any atom is -0.431 e. The zero-order valence-corrected chi connectivity index (χ0v) is 11.9. The van der Waals surface area contributed by atoms with Gasteiger partial charge in [-0.15, -0.1) is 0 Å². The minimum atomic E-state index is -0.431. The van der Waals surface area contributed by atoms with E-state index < -0.39 is 5.91 Å². The molecule has 1 heterocycles. The lowest BCUT2D eigenvalue weighted by atomic mass is 10.1. The van der Waals surface area contributed by atoms with Crippen LogP contribution in [0.4, 0.5) is 5.69 Å². The van der Waals surface area contributed by atoms with Crippen LogP contribution in [0.1, 0.15) is 15.9 Å². The third-order valence-corrected chi connectivity index (χ3v) is 3.87. The molecular weight excluding hydrogens is 286 g/mol. The first kappa shape index (κ1) is 13.5. The summed E-state index contributed by atoms with van der Waals surface area (Å²) in [7, 11) is 0. The molecule has 0 unspecified atom stereocenters. The molecule has 0 saturated heterocycles. The van der Waals surface area contributed by atoms with Crippen LogP contribution in [0.5, 0.6) is 0 Å². The highest BCUT2D eigenvalue weighted by molar-refractivity contribution is 7.98. The van der Waals surface area contributed by atoms with Crippen molar-refractivity contribution in [1.82, 2.24) is 4.98 Å². The molecule has 5 nitrogen and oxygen atoms in total. The van der Waals surface area contributed by atoms with Crippen LogP contribution >= 0.6 is 11.8 Å². The Morgan fingerprint density at radius 2 is 2.10 bits per heavy atom. The van der Waals surface area contributed by atoms with Crippen molar-refractivity contribution in [3.63, 3.8) is 0 Å². The number of aromatic nitrogens is 1. The molecule has 0 bridgehead atoms. The third kappa shape index (κ3) is 3.00. The Hall–Kier alpha value is -2.47. The number of carbonyl (C=O) groups excluding carboxylic acids is 1.